The maximum absolute atomic E-state index is 12.6. The molecule has 2 heterocycles. The molecule has 1 aliphatic heterocycles. The van der Waals surface area contributed by atoms with Gasteiger partial charge in [0.15, 0.2) is 0 Å². The molecular weight excluding hydrogens is 364 g/mol. The molecule has 0 spiro atoms. The molecule has 1 atom stereocenters. The van der Waals surface area contributed by atoms with Crippen LogP contribution in [0.3, 0.4) is 0 Å². The Morgan fingerprint density at radius 3 is 2.74 bits per heavy atom. The number of para-hydroxylation sites is 3. The summed E-state index contributed by atoms with van der Waals surface area (Å²) in [5.41, 5.74) is 2.56. The SMILES string of the molecule is Cn1c(CNC(=O)C2CC(=O)N(c3ccccc3Cl)C2)nc2ccccc21. The highest BCUT2D eigenvalue weighted by molar-refractivity contribution is 6.33. The van der Waals surface area contributed by atoms with Crippen molar-refractivity contribution in [2.75, 3.05) is 11.4 Å². The van der Waals surface area contributed by atoms with Gasteiger partial charge in [0.1, 0.15) is 5.82 Å². The lowest BCUT2D eigenvalue weighted by atomic mass is 10.1. The van der Waals surface area contributed by atoms with Gasteiger partial charge in [0.2, 0.25) is 11.8 Å². The first-order valence-electron chi connectivity index (χ1n) is 8.77. The molecule has 1 aliphatic rings. The highest BCUT2D eigenvalue weighted by Gasteiger charge is 2.35. The number of halogens is 1. The zero-order valence-corrected chi connectivity index (χ0v) is 15.6. The van der Waals surface area contributed by atoms with Gasteiger partial charge in [-0.3, -0.25) is 9.59 Å². The number of benzene rings is 2. The van der Waals surface area contributed by atoms with Crippen LogP contribution in [0.5, 0.6) is 0 Å². The van der Waals surface area contributed by atoms with Gasteiger partial charge < -0.3 is 14.8 Å². The van der Waals surface area contributed by atoms with Crippen LogP contribution in [0, 0.1) is 5.92 Å². The number of fused-ring (bicyclic) bond motifs is 1. The van der Waals surface area contributed by atoms with Crippen molar-refractivity contribution in [1.29, 1.82) is 0 Å². The molecule has 1 unspecified atom stereocenters. The van der Waals surface area contributed by atoms with E-state index in [4.69, 9.17) is 11.6 Å². The van der Waals surface area contributed by atoms with Gasteiger partial charge in [-0.15, -0.1) is 0 Å². The molecular formula is C20H19ClN4O2. The van der Waals surface area contributed by atoms with Gasteiger partial charge in [-0.25, -0.2) is 4.98 Å². The van der Waals surface area contributed by atoms with Gasteiger partial charge in [-0.2, -0.15) is 0 Å². The first-order valence-corrected chi connectivity index (χ1v) is 9.15. The monoisotopic (exact) mass is 382 g/mol. The number of aromatic nitrogens is 2. The number of imidazole rings is 1. The Kier molecular flexibility index (Phi) is 4.58. The molecule has 7 heteroatoms. The van der Waals surface area contributed by atoms with E-state index in [1.807, 2.05) is 48.0 Å². The van der Waals surface area contributed by atoms with E-state index in [2.05, 4.69) is 10.3 Å². The minimum atomic E-state index is -0.400. The summed E-state index contributed by atoms with van der Waals surface area (Å²) in [6.07, 6.45) is 0.180. The Hall–Kier alpha value is -2.86. The van der Waals surface area contributed by atoms with Crippen LogP contribution in [0.2, 0.25) is 5.02 Å². The second-order valence-electron chi connectivity index (χ2n) is 6.65. The van der Waals surface area contributed by atoms with Crippen molar-refractivity contribution < 1.29 is 9.59 Å². The molecule has 0 saturated carbocycles. The van der Waals surface area contributed by atoms with Crippen molar-refractivity contribution in [2.45, 2.75) is 13.0 Å². The summed E-state index contributed by atoms with van der Waals surface area (Å²) in [4.78, 5) is 31.1. The number of carbonyl (C=O) groups is 2. The summed E-state index contributed by atoms with van der Waals surface area (Å²) >= 11 is 6.19. The van der Waals surface area contributed by atoms with Crippen molar-refractivity contribution in [2.24, 2.45) is 13.0 Å². The number of nitrogens with one attached hydrogen (secondary N) is 1. The van der Waals surface area contributed by atoms with Crippen LogP contribution in [0.1, 0.15) is 12.2 Å². The highest BCUT2D eigenvalue weighted by Crippen LogP contribution is 2.31. The lowest BCUT2D eigenvalue weighted by molar-refractivity contribution is -0.126. The molecule has 138 valence electrons. The number of anilines is 1. The first kappa shape index (κ1) is 17.5. The summed E-state index contributed by atoms with van der Waals surface area (Å²) in [5.74, 6) is 0.135. The Bertz CT molecular complexity index is 1030. The van der Waals surface area contributed by atoms with Crippen molar-refractivity contribution in [1.82, 2.24) is 14.9 Å². The standard InChI is InChI=1S/C20H19ClN4O2/c1-24-17-9-5-3-7-15(17)23-18(24)11-22-20(27)13-10-19(26)25(12-13)16-8-4-2-6-14(16)21/h2-9,13H,10-12H2,1H3,(H,22,27). The Labute approximate surface area is 161 Å². The minimum Gasteiger partial charge on any atom is -0.349 e. The van der Waals surface area contributed by atoms with Gasteiger partial charge in [0.05, 0.1) is 34.2 Å². The van der Waals surface area contributed by atoms with E-state index in [-0.39, 0.29) is 18.2 Å². The van der Waals surface area contributed by atoms with Crippen molar-refractivity contribution in [3.63, 3.8) is 0 Å². The smallest absolute Gasteiger partial charge is 0.227 e. The maximum atomic E-state index is 12.6. The molecule has 0 bridgehead atoms. The molecule has 1 aromatic heterocycles. The normalized spacial score (nSPS) is 16.9. The predicted octanol–water partition coefficient (Wildman–Crippen LogP) is 2.90. The van der Waals surface area contributed by atoms with Crippen LogP contribution in [0.25, 0.3) is 11.0 Å². The van der Waals surface area contributed by atoms with E-state index in [0.717, 1.165) is 16.9 Å². The van der Waals surface area contributed by atoms with Gasteiger partial charge >= 0.3 is 0 Å². The van der Waals surface area contributed by atoms with Crippen LogP contribution in [-0.4, -0.2) is 27.9 Å². The third-order valence-corrected chi connectivity index (χ3v) is 5.26. The lowest BCUT2D eigenvalue weighted by Crippen LogP contribution is -2.33. The zero-order chi connectivity index (χ0) is 19.0. The van der Waals surface area contributed by atoms with Crippen molar-refractivity contribution in [3.05, 3.63) is 59.4 Å². The van der Waals surface area contributed by atoms with E-state index in [1.165, 1.54) is 0 Å². The van der Waals surface area contributed by atoms with Crippen LogP contribution in [0.4, 0.5) is 5.69 Å². The van der Waals surface area contributed by atoms with E-state index in [0.29, 0.717) is 23.8 Å². The fraction of sp³-hybridized carbons (Fsp3) is 0.250. The average molecular weight is 383 g/mol. The fourth-order valence-electron chi connectivity index (χ4n) is 3.45. The molecule has 4 rings (SSSR count). The molecule has 2 amide bonds. The molecule has 2 aromatic carbocycles. The van der Waals surface area contributed by atoms with Crippen LogP contribution in [-0.2, 0) is 23.2 Å². The van der Waals surface area contributed by atoms with E-state index in [1.54, 1.807) is 17.0 Å². The molecule has 3 aromatic rings. The third-order valence-electron chi connectivity index (χ3n) is 4.94. The number of aryl methyl sites for hydroxylation is 1. The topological polar surface area (TPSA) is 67.2 Å². The number of nitrogens with zero attached hydrogens (tertiary/aromatic N) is 3. The van der Waals surface area contributed by atoms with Crippen LogP contribution >= 0.6 is 11.6 Å². The Morgan fingerprint density at radius 2 is 1.96 bits per heavy atom. The summed E-state index contributed by atoms with van der Waals surface area (Å²) in [6.45, 7) is 0.651. The number of rotatable bonds is 4. The molecule has 27 heavy (non-hydrogen) atoms. The second kappa shape index (κ2) is 7.04. The summed E-state index contributed by atoms with van der Waals surface area (Å²) in [7, 11) is 1.93. The van der Waals surface area contributed by atoms with E-state index >= 15 is 0 Å². The third kappa shape index (κ3) is 3.28. The molecule has 1 N–H and O–H groups in total. The molecule has 0 radical (unpaired) electrons. The molecule has 1 fully saturated rings. The van der Waals surface area contributed by atoms with E-state index in [9.17, 15) is 9.59 Å². The predicted molar refractivity (Wildman–Crippen MR) is 104 cm³/mol. The lowest BCUT2D eigenvalue weighted by Gasteiger charge is -2.18. The Morgan fingerprint density at radius 1 is 1.22 bits per heavy atom. The molecule has 1 saturated heterocycles. The van der Waals surface area contributed by atoms with Gasteiger partial charge in [0, 0.05) is 20.0 Å². The quantitative estimate of drug-likeness (QED) is 0.754. The first-order chi connectivity index (χ1) is 13.0. The molecule has 6 nitrogen and oxygen atoms in total. The summed E-state index contributed by atoms with van der Waals surface area (Å²) in [6, 6.07) is 15.0. The van der Waals surface area contributed by atoms with E-state index < -0.39 is 5.92 Å². The van der Waals surface area contributed by atoms with Crippen LogP contribution in [0.15, 0.2) is 48.5 Å². The number of hydrogen-bond donors (Lipinski definition) is 1. The fourth-order valence-corrected chi connectivity index (χ4v) is 3.69. The average Bonchev–Trinajstić information content (AvgIpc) is 3.21. The van der Waals surface area contributed by atoms with Gasteiger partial charge in [-0.05, 0) is 24.3 Å². The molecule has 0 aliphatic carbocycles. The van der Waals surface area contributed by atoms with Crippen molar-refractivity contribution in [3.8, 4) is 0 Å². The largest absolute Gasteiger partial charge is 0.349 e. The summed E-state index contributed by atoms with van der Waals surface area (Å²) in [5, 5.41) is 3.42. The highest BCUT2D eigenvalue weighted by atomic mass is 35.5. The summed E-state index contributed by atoms with van der Waals surface area (Å²) < 4.78 is 1.96. The van der Waals surface area contributed by atoms with Crippen molar-refractivity contribution >= 4 is 40.1 Å². The van der Waals surface area contributed by atoms with Crippen LogP contribution < -0.4 is 10.2 Å². The Balaban J connectivity index is 1.44. The number of hydrogen-bond acceptors (Lipinski definition) is 3. The second-order valence-corrected chi connectivity index (χ2v) is 7.06. The van der Waals surface area contributed by atoms with Gasteiger partial charge in [-0.1, -0.05) is 35.9 Å². The zero-order valence-electron chi connectivity index (χ0n) is 14.9. The maximum Gasteiger partial charge on any atom is 0.227 e. The van der Waals surface area contributed by atoms with Gasteiger partial charge in [0.25, 0.3) is 0 Å². The number of amides is 2. The number of carbonyl (C=O) groups excluding carboxylic acids is 2. The minimum absolute atomic E-state index is 0.0917.